The van der Waals surface area contributed by atoms with Crippen LogP contribution in [0.5, 0.6) is 0 Å². The fourth-order valence-electron chi connectivity index (χ4n) is 1.28. The van der Waals surface area contributed by atoms with Crippen molar-refractivity contribution in [2.24, 2.45) is 5.73 Å². The van der Waals surface area contributed by atoms with Crippen LogP contribution in [0.3, 0.4) is 0 Å². The van der Waals surface area contributed by atoms with E-state index in [2.05, 4.69) is 4.98 Å². The first kappa shape index (κ1) is 7.31. The van der Waals surface area contributed by atoms with Crippen molar-refractivity contribution in [3.05, 3.63) is 35.8 Å². The number of hydrogen-bond donors (Lipinski definition) is 1. The van der Waals surface area contributed by atoms with Crippen LogP contribution < -0.4 is 5.73 Å². The number of fused-ring (bicyclic) bond motifs is 1. The number of nitrogens with zero attached hydrogens (tertiary/aromatic N) is 2. The summed E-state index contributed by atoms with van der Waals surface area (Å²) in [7, 11) is 0. The summed E-state index contributed by atoms with van der Waals surface area (Å²) in [4.78, 5) is 4.23. The topological polar surface area (TPSA) is 43.3 Å². The largest absolute Gasteiger partial charge is 0.326 e. The standard InChI is InChI=1S/C9H11N3/c1-7-6-11-9-4-8(5-10)2-3-12(7)9/h2-4,6H,5,10H2,1H3. The van der Waals surface area contributed by atoms with Crippen LogP contribution >= 0.6 is 0 Å². The molecule has 0 amide bonds. The molecule has 2 aromatic heterocycles. The predicted molar refractivity (Wildman–Crippen MR) is 47.8 cm³/mol. The zero-order valence-corrected chi connectivity index (χ0v) is 6.99. The van der Waals surface area contributed by atoms with E-state index in [1.54, 1.807) is 0 Å². The molecule has 3 heteroatoms. The third-order valence-electron chi connectivity index (χ3n) is 2.00. The highest BCUT2D eigenvalue weighted by Crippen LogP contribution is 2.07. The highest BCUT2D eigenvalue weighted by molar-refractivity contribution is 5.42. The van der Waals surface area contributed by atoms with Crippen molar-refractivity contribution < 1.29 is 0 Å². The highest BCUT2D eigenvalue weighted by atomic mass is 15.0. The summed E-state index contributed by atoms with van der Waals surface area (Å²) in [6.07, 6.45) is 3.86. The monoisotopic (exact) mass is 161 g/mol. The minimum absolute atomic E-state index is 0.572. The summed E-state index contributed by atoms with van der Waals surface area (Å²) < 4.78 is 2.04. The molecule has 0 fully saturated rings. The molecule has 2 N–H and O–H groups in total. The van der Waals surface area contributed by atoms with Crippen LogP contribution in [0.15, 0.2) is 24.5 Å². The van der Waals surface area contributed by atoms with Gasteiger partial charge in [-0.05, 0) is 24.6 Å². The second kappa shape index (κ2) is 2.60. The first-order valence-corrected chi connectivity index (χ1v) is 3.94. The van der Waals surface area contributed by atoms with Gasteiger partial charge in [0.15, 0.2) is 0 Å². The summed E-state index contributed by atoms with van der Waals surface area (Å²) in [6, 6.07) is 4.02. The first-order chi connectivity index (χ1) is 5.81. The van der Waals surface area contributed by atoms with Crippen molar-refractivity contribution in [2.45, 2.75) is 13.5 Å². The lowest BCUT2D eigenvalue weighted by Gasteiger charge is -1.98. The third-order valence-corrected chi connectivity index (χ3v) is 2.00. The quantitative estimate of drug-likeness (QED) is 0.680. The van der Waals surface area contributed by atoms with E-state index in [1.165, 1.54) is 0 Å². The zero-order valence-electron chi connectivity index (χ0n) is 6.99. The van der Waals surface area contributed by atoms with Crippen molar-refractivity contribution in [2.75, 3.05) is 0 Å². The lowest BCUT2D eigenvalue weighted by atomic mass is 10.3. The van der Waals surface area contributed by atoms with E-state index >= 15 is 0 Å². The fourth-order valence-corrected chi connectivity index (χ4v) is 1.28. The second-order valence-electron chi connectivity index (χ2n) is 2.87. The van der Waals surface area contributed by atoms with Crippen molar-refractivity contribution >= 4 is 5.65 Å². The molecule has 2 heterocycles. The van der Waals surface area contributed by atoms with E-state index in [4.69, 9.17) is 5.73 Å². The summed E-state index contributed by atoms with van der Waals surface area (Å²) in [5.41, 5.74) is 8.74. The summed E-state index contributed by atoms with van der Waals surface area (Å²) in [6.45, 7) is 2.60. The molecule has 0 aliphatic rings. The van der Waals surface area contributed by atoms with E-state index in [0.717, 1.165) is 16.9 Å². The lowest BCUT2D eigenvalue weighted by Crippen LogP contribution is -1.97. The molecule has 0 aliphatic heterocycles. The van der Waals surface area contributed by atoms with Crippen LogP contribution in [-0.4, -0.2) is 9.38 Å². The molecule has 0 aliphatic carbocycles. The molecule has 2 aromatic rings. The van der Waals surface area contributed by atoms with E-state index in [-0.39, 0.29) is 0 Å². The molecule has 2 rings (SSSR count). The minimum atomic E-state index is 0.572. The van der Waals surface area contributed by atoms with Gasteiger partial charge >= 0.3 is 0 Å². The summed E-state index contributed by atoms with van der Waals surface area (Å²) in [5.74, 6) is 0. The van der Waals surface area contributed by atoms with Gasteiger partial charge in [-0.1, -0.05) is 0 Å². The maximum absolute atomic E-state index is 5.51. The molecular formula is C9H11N3. The number of aromatic nitrogens is 2. The molecular weight excluding hydrogens is 150 g/mol. The molecule has 0 aromatic carbocycles. The van der Waals surface area contributed by atoms with E-state index < -0.39 is 0 Å². The number of aryl methyl sites for hydroxylation is 1. The Morgan fingerprint density at radius 2 is 2.42 bits per heavy atom. The Kier molecular flexibility index (Phi) is 1.59. The van der Waals surface area contributed by atoms with Gasteiger partial charge in [-0.2, -0.15) is 0 Å². The summed E-state index contributed by atoms with van der Waals surface area (Å²) >= 11 is 0. The van der Waals surface area contributed by atoms with Crippen LogP contribution in [0.1, 0.15) is 11.3 Å². The molecule has 0 radical (unpaired) electrons. The maximum Gasteiger partial charge on any atom is 0.137 e. The molecule has 0 bridgehead atoms. The highest BCUT2D eigenvalue weighted by Gasteiger charge is 1.97. The number of imidazole rings is 1. The average molecular weight is 161 g/mol. The Hall–Kier alpha value is -1.35. The van der Waals surface area contributed by atoms with Crippen molar-refractivity contribution in [1.82, 2.24) is 9.38 Å². The van der Waals surface area contributed by atoms with Gasteiger partial charge in [-0.25, -0.2) is 4.98 Å². The Bertz CT molecular complexity index is 403. The smallest absolute Gasteiger partial charge is 0.137 e. The van der Waals surface area contributed by atoms with Crippen molar-refractivity contribution in [3.8, 4) is 0 Å². The third kappa shape index (κ3) is 0.987. The van der Waals surface area contributed by atoms with Gasteiger partial charge in [0.1, 0.15) is 5.65 Å². The Balaban J connectivity index is 2.69. The lowest BCUT2D eigenvalue weighted by molar-refractivity contribution is 1.04. The van der Waals surface area contributed by atoms with Crippen LogP contribution in [0.2, 0.25) is 0 Å². The number of hydrogen-bond acceptors (Lipinski definition) is 2. The molecule has 0 spiro atoms. The fraction of sp³-hybridized carbons (Fsp3) is 0.222. The number of pyridine rings is 1. The average Bonchev–Trinajstić information content (AvgIpc) is 2.47. The zero-order chi connectivity index (χ0) is 8.55. The van der Waals surface area contributed by atoms with Crippen molar-refractivity contribution in [1.29, 1.82) is 0 Å². The van der Waals surface area contributed by atoms with Gasteiger partial charge in [-0.15, -0.1) is 0 Å². The van der Waals surface area contributed by atoms with Crippen LogP contribution in [0, 0.1) is 6.92 Å². The predicted octanol–water partition coefficient (Wildman–Crippen LogP) is 1.10. The molecule has 3 nitrogen and oxygen atoms in total. The van der Waals surface area contributed by atoms with Crippen LogP contribution in [-0.2, 0) is 6.54 Å². The van der Waals surface area contributed by atoms with E-state index in [9.17, 15) is 0 Å². The van der Waals surface area contributed by atoms with E-state index in [0.29, 0.717) is 6.54 Å². The van der Waals surface area contributed by atoms with Crippen LogP contribution in [0.4, 0.5) is 0 Å². The first-order valence-electron chi connectivity index (χ1n) is 3.94. The van der Waals surface area contributed by atoms with Crippen LogP contribution in [0.25, 0.3) is 5.65 Å². The molecule has 0 saturated heterocycles. The van der Waals surface area contributed by atoms with E-state index in [1.807, 2.05) is 35.9 Å². The molecule has 0 unspecified atom stereocenters. The van der Waals surface area contributed by atoms with Gasteiger partial charge < -0.3 is 10.1 Å². The van der Waals surface area contributed by atoms with Gasteiger partial charge in [0.25, 0.3) is 0 Å². The Morgan fingerprint density at radius 1 is 1.58 bits per heavy atom. The van der Waals surface area contributed by atoms with Crippen molar-refractivity contribution in [3.63, 3.8) is 0 Å². The van der Waals surface area contributed by atoms with Gasteiger partial charge in [-0.3, -0.25) is 0 Å². The Labute approximate surface area is 70.8 Å². The Morgan fingerprint density at radius 3 is 3.17 bits per heavy atom. The number of nitrogens with two attached hydrogens (primary N) is 1. The second-order valence-corrected chi connectivity index (χ2v) is 2.87. The normalized spacial score (nSPS) is 10.8. The minimum Gasteiger partial charge on any atom is -0.326 e. The number of rotatable bonds is 1. The maximum atomic E-state index is 5.51. The van der Waals surface area contributed by atoms with Gasteiger partial charge in [0.2, 0.25) is 0 Å². The SMILES string of the molecule is Cc1cnc2cc(CN)ccn12. The van der Waals surface area contributed by atoms with Gasteiger partial charge in [0, 0.05) is 24.6 Å². The summed E-state index contributed by atoms with van der Waals surface area (Å²) in [5, 5.41) is 0. The van der Waals surface area contributed by atoms with Gasteiger partial charge in [0.05, 0.1) is 0 Å². The molecule has 0 saturated carbocycles. The molecule has 0 atom stereocenters. The molecule has 62 valence electrons. The molecule has 12 heavy (non-hydrogen) atoms.